The molecule has 0 heterocycles. The Morgan fingerprint density at radius 3 is 1.91 bits per heavy atom. The Morgan fingerprint density at radius 1 is 0.870 bits per heavy atom. The number of hydrogen-bond donors (Lipinski definition) is 0. The summed E-state index contributed by atoms with van der Waals surface area (Å²) in [6.45, 7) is 1.08. The van der Waals surface area contributed by atoms with Crippen molar-refractivity contribution in [2.45, 2.75) is 6.92 Å². The Hall–Kier alpha value is -2.77. The molecule has 0 atom stereocenters. The maximum absolute atomic E-state index is 13.6. The second-order valence-electron chi connectivity index (χ2n) is 4.40. The van der Waals surface area contributed by atoms with Crippen molar-refractivity contribution in [2.75, 3.05) is 0 Å². The van der Waals surface area contributed by atoms with E-state index >= 15 is 0 Å². The Bertz CT molecular complexity index is 788. The van der Waals surface area contributed by atoms with Crippen molar-refractivity contribution in [3.8, 4) is 5.75 Å². The molecule has 0 spiro atoms. The van der Waals surface area contributed by atoms with E-state index < -0.39 is 52.0 Å². The number of hydrogen-bond acceptors (Lipinski definition) is 3. The summed E-state index contributed by atoms with van der Waals surface area (Å²) in [5.74, 6) is -13.5. The molecular formula is C15H7F5O3. The van der Waals surface area contributed by atoms with Crippen LogP contribution in [-0.2, 0) is 4.79 Å². The Morgan fingerprint density at radius 2 is 1.39 bits per heavy atom. The highest BCUT2D eigenvalue weighted by molar-refractivity contribution is 6.09. The van der Waals surface area contributed by atoms with E-state index in [0.717, 1.165) is 19.1 Å². The van der Waals surface area contributed by atoms with E-state index in [0.29, 0.717) is 0 Å². The minimum Gasteiger partial charge on any atom is -0.427 e. The van der Waals surface area contributed by atoms with Crippen LogP contribution in [0.2, 0.25) is 0 Å². The van der Waals surface area contributed by atoms with Crippen LogP contribution in [0.4, 0.5) is 22.0 Å². The zero-order valence-corrected chi connectivity index (χ0v) is 11.4. The molecule has 0 aromatic heterocycles. The molecule has 0 unspecified atom stereocenters. The van der Waals surface area contributed by atoms with Gasteiger partial charge in [-0.25, -0.2) is 22.0 Å². The summed E-state index contributed by atoms with van der Waals surface area (Å²) in [5, 5.41) is 0. The fraction of sp³-hybridized carbons (Fsp3) is 0.0667. The van der Waals surface area contributed by atoms with Gasteiger partial charge in [-0.05, 0) is 12.1 Å². The third-order valence-electron chi connectivity index (χ3n) is 2.79. The Balaban J connectivity index is 2.56. The fourth-order valence-electron chi connectivity index (χ4n) is 1.82. The van der Waals surface area contributed by atoms with E-state index in [1.807, 2.05) is 0 Å². The summed E-state index contributed by atoms with van der Waals surface area (Å²) in [7, 11) is 0. The van der Waals surface area contributed by atoms with Crippen LogP contribution in [0.15, 0.2) is 24.3 Å². The third kappa shape index (κ3) is 3.05. The number of carbonyl (C=O) groups is 2. The summed E-state index contributed by atoms with van der Waals surface area (Å²) < 4.78 is 71.2. The Labute approximate surface area is 126 Å². The SMILES string of the molecule is CC(=O)Oc1cccc(C(=O)c2c(F)c(F)c(F)c(F)c2F)c1. The van der Waals surface area contributed by atoms with Gasteiger partial charge in [0.15, 0.2) is 29.1 Å². The minimum atomic E-state index is -2.36. The normalized spacial score (nSPS) is 10.5. The average Bonchev–Trinajstić information content (AvgIpc) is 2.50. The molecule has 0 radical (unpaired) electrons. The van der Waals surface area contributed by atoms with Crippen LogP contribution in [0.1, 0.15) is 22.8 Å². The first-order valence-electron chi connectivity index (χ1n) is 6.08. The Kier molecular flexibility index (Phi) is 4.44. The molecule has 0 bridgehead atoms. The van der Waals surface area contributed by atoms with Crippen LogP contribution in [0.3, 0.4) is 0 Å². The molecule has 0 fully saturated rings. The van der Waals surface area contributed by atoms with E-state index in [1.54, 1.807) is 0 Å². The van der Waals surface area contributed by atoms with Gasteiger partial charge in [-0.15, -0.1) is 0 Å². The molecule has 0 aliphatic rings. The zero-order chi connectivity index (χ0) is 17.3. The number of halogens is 5. The number of esters is 1. The van der Waals surface area contributed by atoms with Crippen molar-refractivity contribution < 1.29 is 36.3 Å². The van der Waals surface area contributed by atoms with Crippen molar-refractivity contribution >= 4 is 11.8 Å². The molecule has 120 valence electrons. The number of ketones is 1. The molecule has 0 saturated heterocycles. The lowest BCUT2D eigenvalue weighted by atomic mass is 10.0. The van der Waals surface area contributed by atoms with Gasteiger partial charge >= 0.3 is 5.97 Å². The standard InChI is InChI=1S/C15H7F5O3/c1-6(21)23-8-4-2-3-7(5-8)15(22)9-10(16)12(18)14(20)13(19)11(9)17/h2-5H,1H3. The highest BCUT2D eigenvalue weighted by Gasteiger charge is 2.30. The van der Waals surface area contributed by atoms with Crippen molar-refractivity contribution in [1.29, 1.82) is 0 Å². The van der Waals surface area contributed by atoms with E-state index in [-0.39, 0.29) is 5.75 Å². The van der Waals surface area contributed by atoms with Gasteiger partial charge in [0.25, 0.3) is 0 Å². The molecule has 23 heavy (non-hydrogen) atoms. The smallest absolute Gasteiger partial charge is 0.308 e. The molecule has 0 saturated carbocycles. The molecule has 0 N–H and O–H groups in total. The van der Waals surface area contributed by atoms with Crippen LogP contribution in [0.25, 0.3) is 0 Å². The van der Waals surface area contributed by atoms with Crippen molar-refractivity contribution in [3.05, 3.63) is 64.5 Å². The van der Waals surface area contributed by atoms with Gasteiger partial charge in [0.1, 0.15) is 11.3 Å². The van der Waals surface area contributed by atoms with E-state index in [1.165, 1.54) is 12.1 Å². The molecule has 2 aromatic carbocycles. The molecule has 8 heteroatoms. The van der Waals surface area contributed by atoms with Gasteiger partial charge in [0.2, 0.25) is 5.82 Å². The van der Waals surface area contributed by atoms with E-state index in [2.05, 4.69) is 4.74 Å². The third-order valence-corrected chi connectivity index (χ3v) is 2.79. The number of carbonyl (C=O) groups excluding carboxylic acids is 2. The number of rotatable bonds is 3. The molecule has 2 rings (SSSR count). The second-order valence-corrected chi connectivity index (χ2v) is 4.40. The highest BCUT2D eigenvalue weighted by atomic mass is 19.2. The largest absolute Gasteiger partial charge is 0.427 e. The zero-order valence-electron chi connectivity index (χ0n) is 11.4. The van der Waals surface area contributed by atoms with Crippen LogP contribution in [0.5, 0.6) is 5.75 Å². The molecule has 0 aliphatic heterocycles. The van der Waals surface area contributed by atoms with Crippen molar-refractivity contribution in [1.82, 2.24) is 0 Å². The van der Waals surface area contributed by atoms with Crippen molar-refractivity contribution in [3.63, 3.8) is 0 Å². The van der Waals surface area contributed by atoms with Crippen LogP contribution in [-0.4, -0.2) is 11.8 Å². The summed E-state index contributed by atoms with van der Waals surface area (Å²) in [6.07, 6.45) is 0. The first-order valence-corrected chi connectivity index (χ1v) is 6.08. The van der Waals surface area contributed by atoms with Gasteiger partial charge in [-0.2, -0.15) is 0 Å². The molecule has 0 amide bonds. The first-order chi connectivity index (χ1) is 10.7. The van der Waals surface area contributed by atoms with E-state index in [4.69, 9.17) is 0 Å². The number of benzene rings is 2. The van der Waals surface area contributed by atoms with Gasteiger partial charge < -0.3 is 4.74 Å². The predicted octanol–water partition coefficient (Wildman–Crippen LogP) is 3.54. The summed E-state index contributed by atoms with van der Waals surface area (Å²) in [5.41, 5.74) is -1.99. The average molecular weight is 330 g/mol. The highest BCUT2D eigenvalue weighted by Crippen LogP contribution is 2.26. The van der Waals surface area contributed by atoms with E-state index in [9.17, 15) is 31.5 Å². The summed E-state index contributed by atoms with van der Waals surface area (Å²) in [6, 6.07) is 4.52. The first kappa shape index (κ1) is 16.6. The second kappa shape index (κ2) is 6.15. The van der Waals surface area contributed by atoms with Gasteiger partial charge in [0, 0.05) is 12.5 Å². The minimum absolute atomic E-state index is 0.118. The van der Waals surface area contributed by atoms with Gasteiger partial charge in [0.05, 0.1) is 0 Å². The summed E-state index contributed by atoms with van der Waals surface area (Å²) >= 11 is 0. The monoisotopic (exact) mass is 330 g/mol. The van der Waals surface area contributed by atoms with Gasteiger partial charge in [-0.3, -0.25) is 9.59 Å². The van der Waals surface area contributed by atoms with Gasteiger partial charge in [-0.1, -0.05) is 12.1 Å². The molecule has 2 aromatic rings. The quantitative estimate of drug-likeness (QED) is 0.216. The molecule has 3 nitrogen and oxygen atoms in total. The predicted molar refractivity (Wildman–Crippen MR) is 67.4 cm³/mol. The van der Waals surface area contributed by atoms with Crippen molar-refractivity contribution in [2.24, 2.45) is 0 Å². The molecular weight excluding hydrogens is 323 g/mol. The van der Waals surface area contributed by atoms with Crippen LogP contribution >= 0.6 is 0 Å². The van der Waals surface area contributed by atoms with Crippen LogP contribution < -0.4 is 4.74 Å². The lowest BCUT2D eigenvalue weighted by Gasteiger charge is -2.08. The summed E-state index contributed by atoms with van der Waals surface area (Å²) in [4.78, 5) is 22.9. The number of ether oxygens (including phenoxy) is 1. The maximum Gasteiger partial charge on any atom is 0.308 e. The lowest BCUT2D eigenvalue weighted by molar-refractivity contribution is -0.131. The fourth-order valence-corrected chi connectivity index (χ4v) is 1.82. The van der Waals surface area contributed by atoms with Crippen LogP contribution in [0, 0.1) is 29.1 Å². The maximum atomic E-state index is 13.6. The lowest BCUT2D eigenvalue weighted by Crippen LogP contribution is -2.14. The topological polar surface area (TPSA) is 43.4 Å². The molecule has 0 aliphatic carbocycles.